The van der Waals surface area contributed by atoms with Crippen LogP contribution in [0.25, 0.3) is 11.0 Å². The number of aromatic nitrogens is 3. The zero-order chi connectivity index (χ0) is 31.8. The third kappa shape index (κ3) is 5.80. The Morgan fingerprint density at radius 2 is 2.00 bits per heavy atom. The number of carbonyl (C=O) groups excluding carboxylic acids is 1. The first-order valence-corrected chi connectivity index (χ1v) is 15.9. The Hall–Kier alpha value is -4.14. The van der Waals surface area contributed by atoms with Gasteiger partial charge in [0.1, 0.15) is 23.6 Å². The topological polar surface area (TPSA) is 108 Å². The van der Waals surface area contributed by atoms with Gasteiger partial charge in [-0.3, -0.25) is 9.88 Å². The number of ether oxygens (including phenoxy) is 4. The fourth-order valence-corrected chi connectivity index (χ4v) is 6.63. The number of carbonyl (C=O) groups is 1. The molecule has 2 saturated heterocycles. The Morgan fingerprint density at radius 1 is 1.17 bits per heavy atom. The Morgan fingerprint density at radius 3 is 2.70 bits per heavy atom. The van der Waals surface area contributed by atoms with Gasteiger partial charge in [0.05, 0.1) is 48.0 Å². The standard InChI is InChI=1S/C35H35ClN4O6/c1-35(30-9-8-25(36)19-37-30)45-29-7-3-6-27(33(29)46-35)22-10-13-39(14-11-22)21-31-38-32-23(5-4-15-41)17-24(34(42)43-2)18-28(32)40(31)20-26-12-16-44-26/h3,6-9,17-19,22,26,41H,10-16,20-21H2,1-2H3/t26-,35?/m0/s1. The number of fused-ring (bicyclic) bond motifs is 2. The smallest absolute Gasteiger partial charge is 0.337 e. The molecule has 2 atom stereocenters. The highest BCUT2D eigenvalue weighted by atomic mass is 35.5. The predicted octanol–water partition coefficient (Wildman–Crippen LogP) is 5.03. The molecule has 1 N–H and O–H groups in total. The van der Waals surface area contributed by atoms with Crippen molar-refractivity contribution in [3.63, 3.8) is 0 Å². The van der Waals surface area contributed by atoms with Gasteiger partial charge in [0.15, 0.2) is 11.5 Å². The fourth-order valence-electron chi connectivity index (χ4n) is 6.51. The molecule has 0 aliphatic carbocycles. The number of halogens is 1. The highest BCUT2D eigenvalue weighted by molar-refractivity contribution is 6.30. The van der Waals surface area contributed by atoms with Crippen LogP contribution in [0.1, 0.15) is 65.1 Å². The number of hydrogen-bond donors (Lipinski definition) is 1. The van der Waals surface area contributed by atoms with Gasteiger partial charge in [-0.25, -0.2) is 9.78 Å². The van der Waals surface area contributed by atoms with Crippen molar-refractivity contribution in [2.75, 3.05) is 33.4 Å². The minimum atomic E-state index is -1.03. The summed E-state index contributed by atoms with van der Waals surface area (Å²) in [6.07, 6.45) is 4.55. The van der Waals surface area contributed by atoms with E-state index in [-0.39, 0.29) is 12.7 Å². The van der Waals surface area contributed by atoms with E-state index in [1.807, 2.05) is 31.2 Å². The van der Waals surface area contributed by atoms with Gasteiger partial charge in [-0.15, -0.1) is 0 Å². The van der Waals surface area contributed by atoms with Crippen LogP contribution < -0.4 is 9.47 Å². The van der Waals surface area contributed by atoms with E-state index in [0.717, 1.165) is 67.4 Å². The van der Waals surface area contributed by atoms with Crippen LogP contribution in [0.2, 0.25) is 5.02 Å². The Labute approximate surface area is 272 Å². The summed E-state index contributed by atoms with van der Waals surface area (Å²) in [7, 11) is 1.36. The van der Waals surface area contributed by atoms with E-state index in [4.69, 9.17) is 35.5 Å². The number of methoxy groups -OCH3 is 1. The molecule has 0 amide bonds. The lowest BCUT2D eigenvalue weighted by molar-refractivity contribution is -0.0722. The van der Waals surface area contributed by atoms with Crippen LogP contribution in [0, 0.1) is 11.8 Å². The number of benzene rings is 2. The lowest BCUT2D eigenvalue weighted by Gasteiger charge is -2.33. The molecule has 238 valence electrons. The quantitative estimate of drug-likeness (QED) is 0.219. The van der Waals surface area contributed by atoms with Gasteiger partial charge >= 0.3 is 5.97 Å². The second kappa shape index (κ2) is 12.6. The van der Waals surface area contributed by atoms with Crippen LogP contribution in [0.5, 0.6) is 11.5 Å². The summed E-state index contributed by atoms with van der Waals surface area (Å²) in [4.78, 5) is 24.5. The molecule has 2 aromatic heterocycles. The van der Waals surface area contributed by atoms with Crippen molar-refractivity contribution in [1.29, 1.82) is 0 Å². The lowest BCUT2D eigenvalue weighted by atomic mass is 9.88. The summed E-state index contributed by atoms with van der Waals surface area (Å²) < 4.78 is 25.7. The molecule has 3 aliphatic heterocycles. The number of piperidine rings is 1. The van der Waals surface area contributed by atoms with Crippen molar-refractivity contribution in [1.82, 2.24) is 19.4 Å². The summed E-state index contributed by atoms with van der Waals surface area (Å²) in [5, 5.41) is 9.92. The Balaban J connectivity index is 1.12. The SMILES string of the molecule is COC(=O)c1cc(C#CCO)c2nc(CN3CCC(c4cccc5c4OC(C)(c4ccc(Cl)cn4)O5)CC3)n(C[C@@H]3CCO3)c2c1. The molecule has 4 aromatic rings. The number of aliphatic hydroxyl groups is 1. The zero-order valence-electron chi connectivity index (χ0n) is 25.8. The van der Waals surface area contributed by atoms with Crippen LogP contribution in [-0.2, 0) is 28.4 Å². The summed E-state index contributed by atoms with van der Waals surface area (Å²) in [5.41, 5.74) is 4.29. The molecule has 11 heteroatoms. The number of hydrogen-bond acceptors (Lipinski definition) is 9. The molecule has 0 saturated carbocycles. The highest BCUT2D eigenvalue weighted by Crippen LogP contribution is 2.49. The minimum Gasteiger partial charge on any atom is -0.465 e. The van der Waals surface area contributed by atoms with Gasteiger partial charge in [0.2, 0.25) is 0 Å². The van der Waals surface area contributed by atoms with Crippen molar-refractivity contribution in [2.24, 2.45) is 0 Å². The first-order valence-electron chi connectivity index (χ1n) is 15.5. The summed E-state index contributed by atoms with van der Waals surface area (Å²) in [5.74, 6) is 6.91. The zero-order valence-corrected chi connectivity index (χ0v) is 26.5. The number of likely N-dealkylation sites (tertiary alicyclic amines) is 1. The average Bonchev–Trinajstić information content (AvgIpc) is 3.58. The number of aliphatic hydroxyl groups excluding tert-OH is 1. The lowest BCUT2D eigenvalue weighted by Crippen LogP contribution is -2.35. The molecule has 1 unspecified atom stereocenters. The van der Waals surface area contributed by atoms with Gasteiger partial charge in [-0.2, -0.15) is 0 Å². The Kier molecular flexibility index (Phi) is 8.34. The fraction of sp³-hybridized carbons (Fsp3) is 0.400. The molecule has 2 aromatic carbocycles. The molecular weight excluding hydrogens is 608 g/mol. The number of esters is 1. The van der Waals surface area contributed by atoms with E-state index in [1.54, 1.807) is 18.3 Å². The average molecular weight is 643 g/mol. The largest absolute Gasteiger partial charge is 0.465 e. The minimum absolute atomic E-state index is 0.0896. The maximum absolute atomic E-state index is 12.5. The number of imidazole rings is 1. The van der Waals surface area contributed by atoms with E-state index >= 15 is 0 Å². The van der Waals surface area contributed by atoms with Crippen molar-refractivity contribution < 1.29 is 28.8 Å². The van der Waals surface area contributed by atoms with E-state index in [1.165, 1.54) is 7.11 Å². The molecule has 0 radical (unpaired) electrons. The van der Waals surface area contributed by atoms with Gasteiger partial charge in [0.25, 0.3) is 5.79 Å². The van der Waals surface area contributed by atoms with Crippen molar-refractivity contribution in [2.45, 2.75) is 57.1 Å². The van der Waals surface area contributed by atoms with Gasteiger partial charge in [0, 0.05) is 25.3 Å². The Bertz CT molecular complexity index is 1840. The molecule has 2 fully saturated rings. The van der Waals surface area contributed by atoms with Crippen LogP contribution in [-0.4, -0.2) is 70.0 Å². The van der Waals surface area contributed by atoms with Crippen molar-refractivity contribution >= 4 is 28.6 Å². The number of nitrogens with zero attached hydrogens (tertiary/aromatic N) is 4. The van der Waals surface area contributed by atoms with Crippen LogP contribution in [0.15, 0.2) is 48.7 Å². The molecule has 3 aliphatic rings. The molecule has 7 rings (SSSR count). The molecule has 0 spiro atoms. The number of pyridine rings is 1. The molecular formula is C35H35ClN4O6. The van der Waals surface area contributed by atoms with Crippen molar-refractivity contribution in [3.8, 4) is 23.3 Å². The van der Waals surface area contributed by atoms with Gasteiger partial charge in [-0.1, -0.05) is 35.6 Å². The highest BCUT2D eigenvalue weighted by Gasteiger charge is 2.42. The van der Waals surface area contributed by atoms with E-state index in [0.29, 0.717) is 46.4 Å². The maximum Gasteiger partial charge on any atom is 0.337 e. The molecule has 46 heavy (non-hydrogen) atoms. The number of rotatable bonds is 7. The second-order valence-electron chi connectivity index (χ2n) is 12.0. The van der Waals surface area contributed by atoms with Crippen molar-refractivity contribution in [3.05, 3.63) is 81.9 Å². The van der Waals surface area contributed by atoms with Crippen LogP contribution in [0.3, 0.4) is 0 Å². The maximum atomic E-state index is 12.5. The summed E-state index contributed by atoms with van der Waals surface area (Å²) in [6, 6.07) is 13.2. The number of para-hydroxylation sites is 1. The second-order valence-corrected chi connectivity index (χ2v) is 12.4. The van der Waals surface area contributed by atoms with E-state index in [2.05, 4.69) is 32.4 Å². The van der Waals surface area contributed by atoms with Gasteiger partial charge in [-0.05, 0) is 68.6 Å². The van der Waals surface area contributed by atoms with Crippen LogP contribution in [0.4, 0.5) is 0 Å². The first-order chi connectivity index (χ1) is 22.3. The third-order valence-corrected chi connectivity index (χ3v) is 9.26. The normalized spacial score (nSPS) is 21.1. The predicted molar refractivity (Wildman–Crippen MR) is 171 cm³/mol. The third-order valence-electron chi connectivity index (χ3n) is 9.03. The molecule has 5 heterocycles. The van der Waals surface area contributed by atoms with Gasteiger partial charge < -0.3 is 28.6 Å². The summed E-state index contributed by atoms with van der Waals surface area (Å²) >= 11 is 6.06. The molecule has 0 bridgehead atoms. The first kappa shape index (κ1) is 30.5. The van der Waals surface area contributed by atoms with E-state index in [9.17, 15) is 9.90 Å². The molecule has 10 nitrogen and oxygen atoms in total. The summed E-state index contributed by atoms with van der Waals surface area (Å²) in [6.45, 7) is 5.36. The monoisotopic (exact) mass is 642 g/mol. The van der Waals surface area contributed by atoms with E-state index < -0.39 is 11.8 Å². The van der Waals surface area contributed by atoms with Crippen LogP contribution >= 0.6 is 11.6 Å².